The molecule has 0 spiro atoms. The lowest BCUT2D eigenvalue weighted by molar-refractivity contribution is -0.156. The van der Waals surface area contributed by atoms with E-state index < -0.39 is 12.1 Å². The Kier molecular flexibility index (Phi) is 1.29. The van der Waals surface area contributed by atoms with Gasteiger partial charge in [-0.3, -0.25) is 0 Å². The minimum absolute atomic E-state index is 0.0833. The molecule has 0 aromatic carbocycles. The fourth-order valence-electron chi connectivity index (χ4n) is 2.25. The first-order valence-electron chi connectivity index (χ1n) is 3.79. The summed E-state index contributed by atoms with van der Waals surface area (Å²) < 4.78 is 36.3. The van der Waals surface area contributed by atoms with Gasteiger partial charge in [-0.1, -0.05) is 0 Å². The van der Waals surface area contributed by atoms with Crippen LogP contribution in [0.1, 0.15) is 6.42 Å². The third kappa shape index (κ3) is 0.956. The molecule has 3 unspecified atom stereocenters. The lowest BCUT2D eigenvalue weighted by Crippen LogP contribution is -2.26. The predicted molar refractivity (Wildman–Crippen MR) is 34.1 cm³/mol. The molecule has 64 valence electrons. The highest BCUT2D eigenvalue weighted by Gasteiger charge is 2.67. The summed E-state index contributed by atoms with van der Waals surface area (Å²) in [7, 11) is 1.77. The highest BCUT2D eigenvalue weighted by Crippen LogP contribution is 2.57. The van der Waals surface area contributed by atoms with Crippen molar-refractivity contribution in [2.45, 2.75) is 18.6 Å². The molecule has 1 saturated heterocycles. The lowest BCUT2D eigenvalue weighted by Gasteiger charge is -2.14. The van der Waals surface area contributed by atoms with E-state index in [2.05, 4.69) is 0 Å². The number of alkyl halides is 3. The second kappa shape index (κ2) is 1.91. The van der Waals surface area contributed by atoms with Gasteiger partial charge in [0.25, 0.3) is 0 Å². The van der Waals surface area contributed by atoms with Crippen LogP contribution >= 0.6 is 0 Å². The number of halogens is 3. The van der Waals surface area contributed by atoms with Gasteiger partial charge in [-0.2, -0.15) is 13.2 Å². The van der Waals surface area contributed by atoms with Crippen LogP contribution in [0.4, 0.5) is 13.2 Å². The van der Waals surface area contributed by atoms with Gasteiger partial charge in [-0.05, 0) is 25.9 Å². The van der Waals surface area contributed by atoms with E-state index in [0.29, 0.717) is 0 Å². The molecule has 4 heteroatoms. The number of nitrogens with zero attached hydrogens (tertiary/aromatic N) is 1. The Balaban J connectivity index is 2.04. The molecule has 0 aromatic heterocycles. The lowest BCUT2D eigenvalue weighted by atomic mass is 10.2. The number of piperidine rings is 1. The molecular formula is C7H10F3N. The Morgan fingerprint density at radius 3 is 2.27 bits per heavy atom. The Bertz CT molecular complexity index is 177. The first-order chi connectivity index (χ1) is 5.02. The summed E-state index contributed by atoms with van der Waals surface area (Å²) in [4.78, 5) is 1.82. The largest absolute Gasteiger partial charge is 0.393 e. The van der Waals surface area contributed by atoms with Gasteiger partial charge < -0.3 is 4.90 Å². The molecule has 2 aliphatic rings. The molecule has 0 bridgehead atoms. The number of fused-ring (bicyclic) bond motifs is 1. The van der Waals surface area contributed by atoms with Gasteiger partial charge in [0.15, 0.2) is 0 Å². The van der Waals surface area contributed by atoms with E-state index in [1.165, 1.54) is 0 Å². The molecule has 1 aliphatic carbocycles. The van der Waals surface area contributed by atoms with E-state index in [-0.39, 0.29) is 12.0 Å². The maximum absolute atomic E-state index is 12.1. The average Bonchev–Trinajstić information content (AvgIpc) is 2.47. The molecule has 11 heavy (non-hydrogen) atoms. The van der Waals surface area contributed by atoms with Gasteiger partial charge in [0.1, 0.15) is 0 Å². The molecular weight excluding hydrogens is 155 g/mol. The summed E-state index contributed by atoms with van der Waals surface area (Å²) in [5, 5.41) is 0. The van der Waals surface area contributed by atoms with Gasteiger partial charge in [-0.25, -0.2) is 0 Å². The Morgan fingerprint density at radius 1 is 1.36 bits per heavy atom. The number of likely N-dealkylation sites (tertiary alicyclic amines) is 1. The van der Waals surface area contributed by atoms with E-state index in [1.54, 1.807) is 7.05 Å². The van der Waals surface area contributed by atoms with E-state index in [9.17, 15) is 13.2 Å². The molecule has 3 atom stereocenters. The number of hydrogen-bond donors (Lipinski definition) is 0. The van der Waals surface area contributed by atoms with Crippen LogP contribution in [0.5, 0.6) is 0 Å². The van der Waals surface area contributed by atoms with Crippen LogP contribution in [0, 0.1) is 11.8 Å². The van der Waals surface area contributed by atoms with Crippen molar-refractivity contribution in [2.75, 3.05) is 13.6 Å². The van der Waals surface area contributed by atoms with Crippen molar-refractivity contribution < 1.29 is 13.2 Å². The second-order valence-corrected chi connectivity index (χ2v) is 3.49. The normalized spacial score (nSPS) is 44.2. The second-order valence-electron chi connectivity index (χ2n) is 3.49. The van der Waals surface area contributed by atoms with Crippen molar-refractivity contribution in [3.05, 3.63) is 0 Å². The number of rotatable bonds is 0. The molecule has 0 N–H and O–H groups in total. The standard InChI is InChI=1S/C7H10F3N/c1-11-3-2-4-5(6(4)11)7(8,9)10/h4-6H,2-3H2,1H3. The summed E-state index contributed by atoms with van der Waals surface area (Å²) >= 11 is 0. The predicted octanol–water partition coefficient (Wildman–Crippen LogP) is 1.50. The van der Waals surface area contributed by atoms with Crippen LogP contribution in [0.3, 0.4) is 0 Å². The van der Waals surface area contributed by atoms with Crippen LogP contribution in [-0.2, 0) is 0 Å². The molecule has 0 radical (unpaired) electrons. The summed E-state index contributed by atoms with van der Waals surface area (Å²) in [6.07, 6.45) is -3.23. The van der Waals surface area contributed by atoms with E-state index in [4.69, 9.17) is 0 Å². The molecule has 0 amide bonds. The van der Waals surface area contributed by atoms with E-state index in [1.807, 2.05) is 4.90 Å². The average molecular weight is 165 g/mol. The summed E-state index contributed by atoms with van der Waals surface area (Å²) in [5.74, 6) is -1.10. The molecule has 2 fully saturated rings. The van der Waals surface area contributed by atoms with Gasteiger partial charge in [0, 0.05) is 6.04 Å². The molecule has 1 aliphatic heterocycles. The van der Waals surface area contributed by atoms with Gasteiger partial charge in [0.05, 0.1) is 5.92 Å². The van der Waals surface area contributed by atoms with Crippen molar-refractivity contribution in [2.24, 2.45) is 11.8 Å². The molecule has 1 heterocycles. The van der Waals surface area contributed by atoms with E-state index in [0.717, 1.165) is 13.0 Å². The minimum atomic E-state index is -3.95. The summed E-state index contributed by atoms with van der Waals surface area (Å²) in [6.45, 7) is 0.835. The van der Waals surface area contributed by atoms with Crippen LogP contribution in [0.2, 0.25) is 0 Å². The summed E-state index contributed by atoms with van der Waals surface area (Å²) in [6, 6.07) is -0.185. The Labute approximate surface area is 63.2 Å². The monoisotopic (exact) mass is 165 g/mol. The van der Waals surface area contributed by atoms with Gasteiger partial charge in [-0.15, -0.1) is 0 Å². The van der Waals surface area contributed by atoms with Crippen LogP contribution in [-0.4, -0.2) is 30.7 Å². The first kappa shape index (κ1) is 7.40. The van der Waals surface area contributed by atoms with E-state index >= 15 is 0 Å². The fraction of sp³-hybridized carbons (Fsp3) is 1.00. The first-order valence-corrected chi connectivity index (χ1v) is 3.79. The quantitative estimate of drug-likeness (QED) is 0.525. The van der Waals surface area contributed by atoms with Crippen molar-refractivity contribution in [1.82, 2.24) is 4.90 Å². The topological polar surface area (TPSA) is 3.24 Å². The third-order valence-corrected chi connectivity index (χ3v) is 2.83. The van der Waals surface area contributed by atoms with Crippen LogP contribution < -0.4 is 0 Å². The molecule has 1 saturated carbocycles. The third-order valence-electron chi connectivity index (χ3n) is 2.83. The fourth-order valence-corrected chi connectivity index (χ4v) is 2.25. The zero-order chi connectivity index (χ0) is 8.22. The van der Waals surface area contributed by atoms with Gasteiger partial charge in [0.2, 0.25) is 0 Å². The van der Waals surface area contributed by atoms with Crippen LogP contribution in [0.25, 0.3) is 0 Å². The van der Waals surface area contributed by atoms with Crippen molar-refractivity contribution in [3.63, 3.8) is 0 Å². The maximum atomic E-state index is 12.1. The van der Waals surface area contributed by atoms with Gasteiger partial charge >= 0.3 is 6.18 Å². The highest BCUT2D eigenvalue weighted by molar-refractivity contribution is 5.10. The maximum Gasteiger partial charge on any atom is 0.393 e. The Morgan fingerprint density at radius 2 is 2.00 bits per heavy atom. The van der Waals surface area contributed by atoms with Crippen molar-refractivity contribution in [1.29, 1.82) is 0 Å². The SMILES string of the molecule is CN1CCC2C1C2C(F)(F)F. The molecule has 1 nitrogen and oxygen atoms in total. The molecule has 0 aromatic rings. The summed E-state index contributed by atoms with van der Waals surface area (Å²) in [5.41, 5.74) is 0. The Hall–Kier alpha value is -0.250. The smallest absolute Gasteiger partial charge is 0.302 e. The van der Waals surface area contributed by atoms with Crippen LogP contribution in [0.15, 0.2) is 0 Å². The zero-order valence-corrected chi connectivity index (χ0v) is 6.23. The van der Waals surface area contributed by atoms with Crippen molar-refractivity contribution in [3.8, 4) is 0 Å². The number of hydrogen-bond acceptors (Lipinski definition) is 1. The van der Waals surface area contributed by atoms with Crippen molar-refractivity contribution >= 4 is 0 Å². The highest BCUT2D eigenvalue weighted by atomic mass is 19.4. The minimum Gasteiger partial charge on any atom is -0.302 e. The molecule has 2 rings (SSSR count). The zero-order valence-electron chi connectivity index (χ0n) is 6.23.